The SMILES string of the molecule is COCCc1c(Cl)cc(Cl)c(=O)n1CCc1ccc(C(=O)OC)cc1. The Morgan fingerprint density at radius 3 is 2.36 bits per heavy atom. The molecular weight excluding hydrogens is 365 g/mol. The average Bonchev–Trinajstić information content (AvgIpc) is 2.62. The van der Waals surface area contributed by atoms with Gasteiger partial charge in [0.05, 0.1) is 24.3 Å². The van der Waals surface area contributed by atoms with Gasteiger partial charge >= 0.3 is 5.97 Å². The number of rotatable bonds is 7. The lowest BCUT2D eigenvalue weighted by molar-refractivity contribution is 0.0600. The molecule has 5 nitrogen and oxygen atoms in total. The van der Waals surface area contributed by atoms with Crippen molar-refractivity contribution in [3.63, 3.8) is 0 Å². The number of ether oxygens (including phenoxy) is 2. The minimum Gasteiger partial charge on any atom is -0.465 e. The number of carbonyl (C=O) groups is 1. The average molecular weight is 384 g/mol. The van der Waals surface area contributed by atoms with Gasteiger partial charge < -0.3 is 14.0 Å². The fourth-order valence-corrected chi connectivity index (χ4v) is 3.07. The molecule has 0 N–H and O–H groups in total. The van der Waals surface area contributed by atoms with Crippen molar-refractivity contribution in [3.8, 4) is 0 Å². The van der Waals surface area contributed by atoms with E-state index in [4.69, 9.17) is 27.9 Å². The van der Waals surface area contributed by atoms with Crippen molar-refractivity contribution in [2.24, 2.45) is 0 Å². The van der Waals surface area contributed by atoms with Gasteiger partial charge in [-0.25, -0.2) is 4.79 Å². The van der Waals surface area contributed by atoms with E-state index in [-0.39, 0.29) is 16.6 Å². The van der Waals surface area contributed by atoms with Gasteiger partial charge in [0.25, 0.3) is 5.56 Å². The molecule has 1 heterocycles. The van der Waals surface area contributed by atoms with E-state index >= 15 is 0 Å². The van der Waals surface area contributed by atoms with Crippen LogP contribution >= 0.6 is 23.2 Å². The van der Waals surface area contributed by atoms with Crippen molar-refractivity contribution in [2.75, 3.05) is 20.8 Å². The maximum absolute atomic E-state index is 12.4. The van der Waals surface area contributed by atoms with E-state index in [1.54, 1.807) is 23.8 Å². The Morgan fingerprint density at radius 1 is 1.08 bits per heavy atom. The number of methoxy groups -OCH3 is 2. The van der Waals surface area contributed by atoms with Gasteiger partial charge in [-0.3, -0.25) is 4.79 Å². The second-order valence-corrected chi connectivity index (χ2v) is 6.24. The first kappa shape index (κ1) is 19.5. The number of aromatic nitrogens is 1. The lowest BCUT2D eigenvalue weighted by Crippen LogP contribution is -2.26. The fourth-order valence-electron chi connectivity index (χ4n) is 2.49. The zero-order chi connectivity index (χ0) is 18.4. The highest BCUT2D eigenvalue weighted by Crippen LogP contribution is 2.19. The van der Waals surface area contributed by atoms with Crippen molar-refractivity contribution < 1.29 is 14.3 Å². The Labute approximate surface area is 156 Å². The first-order valence-electron chi connectivity index (χ1n) is 7.71. The van der Waals surface area contributed by atoms with E-state index in [0.717, 1.165) is 5.56 Å². The highest BCUT2D eigenvalue weighted by Gasteiger charge is 2.13. The Balaban J connectivity index is 2.22. The van der Waals surface area contributed by atoms with E-state index < -0.39 is 0 Å². The second-order valence-electron chi connectivity index (χ2n) is 5.43. The molecule has 0 atom stereocenters. The standard InChI is InChI=1S/C18H19Cl2NO4/c1-24-10-8-16-14(19)11-15(20)17(22)21(16)9-7-12-3-5-13(6-4-12)18(23)25-2/h3-6,11H,7-10H2,1-2H3. The maximum atomic E-state index is 12.4. The van der Waals surface area contributed by atoms with Crippen LogP contribution in [0.1, 0.15) is 21.6 Å². The number of nitrogens with zero attached hydrogens (tertiary/aromatic N) is 1. The summed E-state index contributed by atoms with van der Waals surface area (Å²) in [4.78, 5) is 23.8. The zero-order valence-electron chi connectivity index (χ0n) is 14.1. The van der Waals surface area contributed by atoms with Gasteiger partial charge in [-0.15, -0.1) is 0 Å². The maximum Gasteiger partial charge on any atom is 0.337 e. The predicted molar refractivity (Wildman–Crippen MR) is 97.8 cm³/mol. The summed E-state index contributed by atoms with van der Waals surface area (Å²) in [6.07, 6.45) is 1.11. The number of hydrogen-bond donors (Lipinski definition) is 0. The third kappa shape index (κ3) is 4.84. The molecule has 2 aromatic rings. The summed E-state index contributed by atoms with van der Waals surface area (Å²) >= 11 is 12.2. The monoisotopic (exact) mass is 383 g/mol. The van der Waals surface area contributed by atoms with Crippen LogP contribution in [-0.4, -0.2) is 31.4 Å². The molecule has 0 aliphatic heterocycles. The van der Waals surface area contributed by atoms with Gasteiger partial charge in [-0.05, 0) is 30.2 Å². The van der Waals surface area contributed by atoms with Crippen LogP contribution in [0, 0.1) is 0 Å². The molecule has 0 unspecified atom stereocenters. The van der Waals surface area contributed by atoms with E-state index in [0.29, 0.717) is 42.3 Å². The van der Waals surface area contributed by atoms with Crippen LogP contribution in [0.4, 0.5) is 0 Å². The summed E-state index contributed by atoms with van der Waals surface area (Å²) in [5.74, 6) is -0.383. The van der Waals surface area contributed by atoms with Gasteiger partial charge in [0.15, 0.2) is 0 Å². The summed E-state index contributed by atoms with van der Waals surface area (Å²) in [7, 11) is 2.93. The van der Waals surface area contributed by atoms with E-state index in [1.807, 2.05) is 12.1 Å². The third-order valence-electron chi connectivity index (χ3n) is 3.85. The number of pyridine rings is 1. The number of aryl methyl sites for hydroxylation is 1. The second kappa shape index (κ2) is 9.04. The van der Waals surface area contributed by atoms with Crippen LogP contribution in [0.25, 0.3) is 0 Å². The van der Waals surface area contributed by atoms with Gasteiger partial charge in [-0.1, -0.05) is 35.3 Å². The summed E-state index contributed by atoms with van der Waals surface area (Å²) in [5, 5.41) is 0.537. The summed E-state index contributed by atoms with van der Waals surface area (Å²) in [6.45, 7) is 0.879. The minimum atomic E-state index is -0.383. The largest absolute Gasteiger partial charge is 0.465 e. The molecule has 0 aliphatic rings. The Morgan fingerprint density at radius 2 is 1.76 bits per heavy atom. The molecule has 0 spiro atoms. The van der Waals surface area contributed by atoms with Gasteiger partial charge in [0.1, 0.15) is 5.02 Å². The van der Waals surface area contributed by atoms with Gasteiger partial charge in [0, 0.05) is 25.8 Å². The topological polar surface area (TPSA) is 57.5 Å². The van der Waals surface area contributed by atoms with Crippen LogP contribution < -0.4 is 5.56 Å². The molecule has 0 aliphatic carbocycles. The molecule has 7 heteroatoms. The lowest BCUT2D eigenvalue weighted by Gasteiger charge is -2.15. The molecule has 0 radical (unpaired) electrons. The van der Waals surface area contributed by atoms with Crippen molar-refractivity contribution in [1.29, 1.82) is 0 Å². The molecule has 0 fully saturated rings. The van der Waals surface area contributed by atoms with Crippen molar-refractivity contribution >= 4 is 29.2 Å². The minimum absolute atomic E-state index is 0.0900. The molecule has 1 aromatic carbocycles. The molecule has 0 saturated carbocycles. The number of benzene rings is 1. The molecular formula is C18H19Cl2NO4. The van der Waals surface area contributed by atoms with E-state index in [1.165, 1.54) is 13.2 Å². The van der Waals surface area contributed by atoms with Crippen molar-refractivity contribution in [3.05, 3.63) is 67.6 Å². The Hall–Kier alpha value is -1.82. The normalized spacial score (nSPS) is 10.7. The molecule has 1 aromatic heterocycles. The Kier molecular flexibility index (Phi) is 7.05. The summed E-state index contributed by atoms with van der Waals surface area (Å²) < 4.78 is 11.3. The van der Waals surface area contributed by atoms with Gasteiger partial charge in [0.2, 0.25) is 0 Å². The number of carbonyl (C=O) groups excluding carboxylic acids is 1. The predicted octanol–water partition coefficient (Wildman–Crippen LogP) is 3.37. The van der Waals surface area contributed by atoms with E-state index in [2.05, 4.69) is 4.74 Å². The van der Waals surface area contributed by atoms with Gasteiger partial charge in [-0.2, -0.15) is 0 Å². The molecule has 0 saturated heterocycles. The van der Waals surface area contributed by atoms with E-state index in [9.17, 15) is 9.59 Å². The third-order valence-corrected chi connectivity index (χ3v) is 4.44. The first-order chi connectivity index (χ1) is 12.0. The van der Waals surface area contributed by atoms with Crippen LogP contribution in [0.5, 0.6) is 0 Å². The number of esters is 1. The summed E-state index contributed by atoms with van der Waals surface area (Å²) in [5.41, 5.74) is 1.88. The molecule has 134 valence electrons. The van der Waals surface area contributed by atoms with Crippen molar-refractivity contribution in [1.82, 2.24) is 4.57 Å². The van der Waals surface area contributed by atoms with Crippen LogP contribution in [-0.2, 0) is 28.9 Å². The number of hydrogen-bond acceptors (Lipinski definition) is 4. The van der Waals surface area contributed by atoms with Crippen LogP contribution in [0.15, 0.2) is 35.1 Å². The molecule has 25 heavy (non-hydrogen) atoms. The zero-order valence-corrected chi connectivity index (χ0v) is 15.6. The summed E-state index contributed by atoms with van der Waals surface area (Å²) in [6, 6.07) is 8.52. The quantitative estimate of drug-likeness (QED) is 0.687. The smallest absolute Gasteiger partial charge is 0.337 e. The molecule has 0 amide bonds. The van der Waals surface area contributed by atoms with Crippen molar-refractivity contribution in [2.45, 2.75) is 19.4 Å². The highest BCUT2D eigenvalue weighted by molar-refractivity contribution is 6.34. The number of halogens is 2. The molecule has 2 rings (SSSR count). The first-order valence-corrected chi connectivity index (χ1v) is 8.47. The highest BCUT2D eigenvalue weighted by atomic mass is 35.5. The van der Waals surface area contributed by atoms with Crippen LogP contribution in [0.3, 0.4) is 0 Å². The fraction of sp³-hybridized carbons (Fsp3) is 0.333. The molecule has 0 bridgehead atoms. The Bertz CT molecular complexity index is 800. The lowest BCUT2D eigenvalue weighted by atomic mass is 10.1. The van der Waals surface area contributed by atoms with Crippen LogP contribution in [0.2, 0.25) is 10.0 Å².